The van der Waals surface area contributed by atoms with Gasteiger partial charge in [-0.3, -0.25) is 0 Å². The van der Waals surface area contributed by atoms with Gasteiger partial charge in [0.1, 0.15) is 11.5 Å². The first kappa shape index (κ1) is 23.7. The van der Waals surface area contributed by atoms with Crippen LogP contribution in [-0.2, 0) is 19.1 Å². The van der Waals surface area contributed by atoms with E-state index in [0.717, 1.165) is 49.0 Å². The molecule has 0 spiro atoms. The highest BCUT2D eigenvalue weighted by molar-refractivity contribution is 5.61. The summed E-state index contributed by atoms with van der Waals surface area (Å²) in [5, 5.41) is 17.7. The Balaban J connectivity index is 1.63. The van der Waals surface area contributed by atoms with Gasteiger partial charge in [-0.2, -0.15) is 18.3 Å². The van der Waals surface area contributed by atoms with Gasteiger partial charge in [-0.25, -0.2) is 14.8 Å². The Hall–Kier alpha value is -3.50. The van der Waals surface area contributed by atoms with Gasteiger partial charge in [0.2, 0.25) is 0 Å². The number of nitrogens with one attached hydrogen (secondary N) is 1. The highest BCUT2D eigenvalue weighted by Gasteiger charge is 2.37. The fraction of sp³-hybridized carbons (Fsp3) is 0.435. The number of hydrogen-bond acceptors (Lipinski definition) is 5. The van der Waals surface area contributed by atoms with Gasteiger partial charge >= 0.3 is 6.18 Å². The van der Waals surface area contributed by atoms with Crippen LogP contribution in [0.5, 0.6) is 0 Å². The molecular weight excluding hydrogens is 445 g/mol. The zero-order chi connectivity index (χ0) is 24.3. The highest BCUT2D eigenvalue weighted by atomic mass is 19.4. The van der Waals surface area contributed by atoms with Gasteiger partial charge in [-0.1, -0.05) is 39.3 Å². The van der Waals surface area contributed by atoms with Crippen molar-refractivity contribution in [3.05, 3.63) is 59.3 Å². The molecule has 0 fully saturated rings. The van der Waals surface area contributed by atoms with Gasteiger partial charge in [-0.05, 0) is 47.0 Å². The number of tetrazole rings is 1. The summed E-state index contributed by atoms with van der Waals surface area (Å²) in [4.78, 5) is 4.76. The topological polar surface area (TPSA) is 90.1 Å². The van der Waals surface area contributed by atoms with Crippen LogP contribution in [0.25, 0.3) is 17.2 Å². The quantitative estimate of drug-likeness (QED) is 0.363. The Kier molecular flexibility index (Phi) is 6.80. The van der Waals surface area contributed by atoms with Crippen LogP contribution in [0.4, 0.5) is 13.2 Å². The van der Waals surface area contributed by atoms with E-state index in [-0.39, 0.29) is 17.4 Å². The molecule has 0 amide bonds. The Morgan fingerprint density at radius 2 is 1.85 bits per heavy atom. The van der Waals surface area contributed by atoms with E-state index in [1.165, 1.54) is 10.8 Å². The van der Waals surface area contributed by atoms with E-state index in [9.17, 15) is 13.2 Å². The Morgan fingerprint density at radius 1 is 1.09 bits per heavy atom. The van der Waals surface area contributed by atoms with Crippen LogP contribution in [-0.4, -0.2) is 40.0 Å². The maximum absolute atomic E-state index is 13.6. The summed E-state index contributed by atoms with van der Waals surface area (Å²) < 4.78 is 44.1. The number of aromatic nitrogens is 8. The molecule has 0 aliphatic rings. The number of rotatable bonds is 9. The summed E-state index contributed by atoms with van der Waals surface area (Å²) in [5.74, 6) is 2.04. The molecule has 8 nitrogen and oxygen atoms in total. The fourth-order valence-corrected chi connectivity index (χ4v) is 3.74. The molecule has 3 aromatic heterocycles. The van der Waals surface area contributed by atoms with Crippen molar-refractivity contribution in [1.82, 2.24) is 40.0 Å². The number of unbranched alkanes of at least 4 members (excludes halogenated alkanes) is 1. The molecule has 180 valence electrons. The van der Waals surface area contributed by atoms with Gasteiger partial charge in [0.15, 0.2) is 11.6 Å². The molecule has 1 N–H and O–H groups in total. The second kappa shape index (κ2) is 9.78. The van der Waals surface area contributed by atoms with Crippen molar-refractivity contribution in [2.24, 2.45) is 0 Å². The van der Waals surface area contributed by atoms with E-state index >= 15 is 0 Å². The zero-order valence-corrected chi connectivity index (χ0v) is 19.3. The predicted molar refractivity (Wildman–Crippen MR) is 120 cm³/mol. The summed E-state index contributed by atoms with van der Waals surface area (Å²) in [5.41, 5.74) is 0.598. The first-order valence-corrected chi connectivity index (χ1v) is 11.4. The number of halogens is 3. The van der Waals surface area contributed by atoms with Gasteiger partial charge in [0, 0.05) is 24.2 Å². The number of alkyl halides is 3. The van der Waals surface area contributed by atoms with Crippen molar-refractivity contribution >= 4 is 0 Å². The monoisotopic (exact) mass is 472 g/mol. The molecule has 4 aromatic rings. The second-order valence-electron chi connectivity index (χ2n) is 8.32. The normalized spacial score (nSPS) is 12.9. The van der Waals surface area contributed by atoms with E-state index in [2.05, 4.69) is 41.4 Å². The van der Waals surface area contributed by atoms with Crippen LogP contribution in [0.2, 0.25) is 0 Å². The third kappa shape index (κ3) is 4.87. The summed E-state index contributed by atoms with van der Waals surface area (Å²) in [7, 11) is 0. The molecule has 1 aromatic carbocycles. The Morgan fingerprint density at radius 3 is 2.47 bits per heavy atom. The summed E-state index contributed by atoms with van der Waals surface area (Å²) in [6, 6.07) is 8.36. The summed E-state index contributed by atoms with van der Waals surface area (Å²) in [6.45, 7) is 6.92. The van der Waals surface area contributed by atoms with Gasteiger partial charge in [-0.15, -0.1) is 5.10 Å². The van der Waals surface area contributed by atoms with Crippen molar-refractivity contribution in [2.75, 3.05) is 0 Å². The smallest absolute Gasteiger partial charge is 0.313 e. The standard InChI is InChI=1S/C23H27F3N8/c1-4-6-7-19-27-21(15(3)5-2)30-34(19)14-16-8-10-17(11-9-16)33-13-12-18(23(24,25)26)20(33)22-28-31-32-29-22/h8-13,15H,4-7,14H2,1-3H3,(H,28,29,31,32). The Labute approximate surface area is 195 Å². The first-order valence-electron chi connectivity index (χ1n) is 11.4. The van der Waals surface area contributed by atoms with E-state index in [4.69, 9.17) is 10.1 Å². The van der Waals surface area contributed by atoms with Gasteiger partial charge in [0.05, 0.1) is 12.1 Å². The molecule has 3 heterocycles. The molecule has 1 unspecified atom stereocenters. The average molecular weight is 473 g/mol. The number of H-pyrrole nitrogens is 1. The molecule has 0 aliphatic carbocycles. The SMILES string of the molecule is CCCCc1nc(C(C)CC)nn1Cc1ccc(-n2ccc(C(F)(F)F)c2-c2nnn[nH]2)cc1. The molecule has 0 radical (unpaired) electrons. The third-order valence-electron chi connectivity index (χ3n) is 5.88. The van der Waals surface area contributed by atoms with Crippen molar-refractivity contribution in [1.29, 1.82) is 0 Å². The molecule has 0 saturated heterocycles. The summed E-state index contributed by atoms with van der Waals surface area (Å²) >= 11 is 0. The Bertz CT molecular complexity index is 1210. The maximum atomic E-state index is 13.6. The maximum Gasteiger partial charge on any atom is 0.418 e. The van der Waals surface area contributed by atoms with Crippen LogP contribution < -0.4 is 0 Å². The number of benzene rings is 1. The number of nitrogens with zero attached hydrogens (tertiary/aromatic N) is 7. The molecule has 34 heavy (non-hydrogen) atoms. The average Bonchev–Trinajstić information content (AvgIpc) is 3.56. The number of hydrogen-bond donors (Lipinski definition) is 1. The van der Waals surface area contributed by atoms with Crippen molar-refractivity contribution in [3.63, 3.8) is 0 Å². The molecule has 0 bridgehead atoms. The lowest BCUT2D eigenvalue weighted by molar-refractivity contribution is -0.137. The second-order valence-corrected chi connectivity index (χ2v) is 8.32. The minimum absolute atomic E-state index is 0.0536. The fourth-order valence-electron chi connectivity index (χ4n) is 3.74. The highest BCUT2D eigenvalue weighted by Crippen LogP contribution is 2.37. The van der Waals surface area contributed by atoms with Crippen LogP contribution in [0.3, 0.4) is 0 Å². The van der Waals surface area contributed by atoms with E-state index < -0.39 is 11.7 Å². The van der Waals surface area contributed by atoms with Crippen molar-refractivity contribution in [3.8, 4) is 17.2 Å². The lowest BCUT2D eigenvalue weighted by atomic mass is 10.1. The first-order chi connectivity index (χ1) is 16.3. The van der Waals surface area contributed by atoms with Crippen LogP contribution in [0.1, 0.15) is 68.7 Å². The molecule has 0 saturated carbocycles. The number of aryl methyl sites for hydroxylation is 1. The minimum Gasteiger partial charge on any atom is -0.313 e. The zero-order valence-electron chi connectivity index (χ0n) is 19.3. The molecule has 1 atom stereocenters. The van der Waals surface area contributed by atoms with Gasteiger partial charge < -0.3 is 4.57 Å². The minimum atomic E-state index is -4.54. The van der Waals surface area contributed by atoms with Crippen LogP contribution in [0.15, 0.2) is 36.5 Å². The third-order valence-corrected chi connectivity index (χ3v) is 5.88. The molecule has 4 rings (SSSR count). The van der Waals surface area contributed by atoms with Crippen LogP contribution >= 0.6 is 0 Å². The van der Waals surface area contributed by atoms with E-state index in [1.54, 1.807) is 12.1 Å². The molecular formula is C23H27F3N8. The van der Waals surface area contributed by atoms with Crippen LogP contribution in [0, 0.1) is 0 Å². The number of aromatic amines is 1. The lowest BCUT2D eigenvalue weighted by Gasteiger charge is -2.12. The largest absolute Gasteiger partial charge is 0.418 e. The van der Waals surface area contributed by atoms with Crippen molar-refractivity contribution < 1.29 is 13.2 Å². The lowest BCUT2D eigenvalue weighted by Crippen LogP contribution is -2.09. The van der Waals surface area contributed by atoms with E-state index in [1.807, 2.05) is 16.8 Å². The van der Waals surface area contributed by atoms with Crippen molar-refractivity contribution in [2.45, 2.75) is 65.1 Å². The molecule has 11 heteroatoms. The van der Waals surface area contributed by atoms with Gasteiger partial charge in [0.25, 0.3) is 0 Å². The molecule has 0 aliphatic heterocycles. The summed E-state index contributed by atoms with van der Waals surface area (Å²) in [6.07, 6.45) is 0.755. The van der Waals surface area contributed by atoms with E-state index in [0.29, 0.717) is 12.2 Å². The predicted octanol–water partition coefficient (Wildman–Crippen LogP) is 5.17.